The molecule has 0 spiro atoms. The number of hydrogen-bond donors (Lipinski definition) is 0. The maximum Gasteiger partial charge on any atom is 0.161 e. The third-order valence-electron chi connectivity index (χ3n) is 1.74. The van der Waals surface area contributed by atoms with Crippen molar-refractivity contribution < 1.29 is 4.84 Å². The second-order valence-electron chi connectivity index (χ2n) is 2.53. The van der Waals surface area contributed by atoms with Gasteiger partial charge in [-0.3, -0.25) is 0 Å². The lowest BCUT2D eigenvalue weighted by atomic mass is 10.1. The van der Waals surface area contributed by atoms with E-state index in [9.17, 15) is 0 Å². The van der Waals surface area contributed by atoms with Gasteiger partial charge in [-0.2, -0.15) is 0 Å². The number of nitrogens with zero attached hydrogens (tertiary/aromatic N) is 1. The first kappa shape index (κ1) is 6.40. The summed E-state index contributed by atoms with van der Waals surface area (Å²) in [4.78, 5) is 5.12. The van der Waals surface area contributed by atoms with E-state index in [0.717, 1.165) is 18.6 Å². The standard InChI is InChI=1S/C9H9NO/c1-2-6-9-8(4-1)5-3-7-10-11-9/h1-2,4,6-7H,3,5H2. The van der Waals surface area contributed by atoms with Crippen molar-refractivity contribution in [2.24, 2.45) is 5.16 Å². The van der Waals surface area contributed by atoms with Crippen LogP contribution in [-0.4, -0.2) is 6.21 Å². The molecule has 0 saturated carbocycles. The van der Waals surface area contributed by atoms with Gasteiger partial charge in [-0.05, 0) is 24.5 Å². The van der Waals surface area contributed by atoms with Gasteiger partial charge in [0.1, 0.15) is 0 Å². The van der Waals surface area contributed by atoms with Gasteiger partial charge in [0.05, 0.1) is 0 Å². The van der Waals surface area contributed by atoms with Crippen molar-refractivity contribution >= 4 is 6.21 Å². The van der Waals surface area contributed by atoms with Crippen molar-refractivity contribution in [2.75, 3.05) is 0 Å². The first-order valence-corrected chi connectivity index (χ1v) is 3.73. The van der Waals surface area contributed by atoms with Crippen LogP contribution < -0.4 is 4.84 Å². The zero-order valence-corrected chi connectivity index (χ0v) is 6.16. The van der Waals surface area contributed by atoms with Gasteiger partial charge < -0.3 is 4.84 Å². The number of aryl methyl sites for hydroxylation is 1. The Morgan fingerprint density at radius 3 is 3.18 bits per heavy atom. The molecule has 0 aromatic heterocycles. The normalized spacial score (nSPS) is 14.9. The zero-order chi connectivity index (χ0) is 7.52. The van der Waals surface area contributed by atoms with E-state index in [4.69, 9.17) is 4.84 Å². The average molecular weight is 147 g/mol. The van der Waals surface area contributed by atoms with Crippen molar-refractivity contribution in [3.05, 3.63) is 29.8 Å². The summed E-state index contributed by atoms with van der Waals surface area (Å²) < 4.78 is 0. The fraction of sp³-hybridized carbons (Fsp3) is 0.222. The Labute approximate surface area is 65.5 Å². The van der Waals surface area contributed by atoms with Crippen molar-refractivity contribution in [3.63, 3.8) is 0 Å². The molecule has 1 aromatic rings. The van der Waals surface area contributed by atoms with Gasteiger partial charge in [-0.25, -0.2) is 0 Å². The molecule has 0 radical (unpaired) electrons. The minimum atomic E-state index is 0.890. The van der Waals surface area contributed by atoms with Gasteiger partial charge in [0, 0.05) is 6.21 Å². The number of para-hydroxylation sites is 1. The third-order valence-corrected chi connectivity index (χ3v) is 1.74. The van der Waals surface area contributed by atoms with Crippen LogP contribution in [0.1, 0.15) is 12.0 Å². The molecular weight excluding hydrogens is 138 g/mol. The second-order valence-corrected chi connectivity index (χ2v) is 2.53. The van der Waals surface area contributed by atoms with Crippen LogP contribution in [-0.2, 0) is 6.42 Å². The van der Waals surface area contributed by atoms with E-state index in [-0.39, 0.29) is 0 Å². The molecule has 1 heterocycles. The number of oxime groups is 1. The van der Waals surface area contributed by atoms with Crippen LogP contribution in [0.5, 0.6) is 5.75 Å². The van der Waals surface area contributed by atoms with Crippen LogP contribution in [0.2, 0.25) is 0 Å². The van der Waals surface area contributed by atoms with E-state index in [1.807, 2.05) is 18.2 Å². The predicted molar refractivity (Wildman–Crippen MR) is 43.9 cm³/mol. The van der Waals surface area contributed by atoms with Gasteiger partial charge in [-0.15, -0.1) is 0 Å². The van der Waals surface area contributed by atoms with Gasteiger partial charge in [0.25, 0.3) is 0 Å². The molecule has 0 fully saturated rings. The first-order chi connectivity index (χ1) is 5.47. The van der Waals surface area contributed by atoms with Gasteiger partial charge >= 0.3 is 0 Å². The molecule has 2 heteroatoms. The Bertz CT molecular complexity index is 281. The highest BCUT2D eigenvalue weighted by atomic mass is 16.6. The quantitative estimate of drug-likeness (QED) is 0.550. The minimum absolute atomic E-state index is 0.890. The van der Waals surface area contributed by atoms with Crippen molar-refractivity contribution in [1.82, 2.24) is 0 Å². The molecular formula is C9H9NO. The second kappa shape index (κ2) is 2.74. The van der Waals surface area contributed by atoms with E-state index < -0.39 is 0 Å². The summed E-state index contributed by atoms with van der Waals surface area (Å²) in [6.07, 6.45) is 3.80. The molecule has 0 amide bonds. The highest BCUT2D eigenvalue weighted by molar-refractivity contribution is 5.58. The highest BCUT2D eigenvalue weighted by Gasteiger charge is 2.03. The van der Waals surface area contributed by atoms with Crippen LogP contribution >= 0.6 is 0 Å². The summed E-state index contributed by atoms with van der Waals surface area (Å²) in [7, 11) is 0. The van der Waals surface area contributed by atoms with Gasteiger partial charge in [0.15, 0.2) is 5.75 Å². The molecule has 0 unspecified atom stereocenters. The molecule has 1 aliphatic rings. The van der Waals surface area contributed by atoms with Crippen LogP contribution in [0, 0.1) is 0 Å². The Kier molecular flexibility index (Phi) is 1.60. The summed E-state index contributed by atoms with van der Waals surface area (Å²) in [5.41, 5.74) is 1.24. The lowest BCUT2D eigenvalue weighted by Crippen LogP contribution is -1.85. The molecule has 0 N–H and O–H groups in total. The summed E-state index contributed by atoms with van der Waals surface area (Å²) in [5, 5.41) is 3.79. The predicted octanol–water partition coefficient (Wildman–Crippen LogP) is 2.00. The molecule has 11 heavy (non-hydrogen) atoms. The summed E-state index contributed by atoms with van der Waals surface area (Å²) in [6, 6.07) is 8.00. The summed E-state index contributed by atoms with van der Waals surface area (Å²) in [5.74, 6) is 0.890. The molecule has 1 aliphatic heterocycles. The Balaban J connectivity index is 2.40. The van der Waals surface area contributed by atoms with E-state index in [0.29, 0.717) is 0 Å². The van der Waals surface area contributed by atoms with E-state index in [2.05, 4.69) is 11.2 Å². The molecule has 2 nitrogen and oxygen atoms in total. The van der Waals surface area contributed by atoms with Crippen LogP contribution in [0.15, 0.2) is 29.4 Å². The number of benzene rings is 1. The van der Waals surface area contributed by atoms with Crippen molar-refractivity contribution in [3.8, 4) is 5.75 Å². The number of rotatable bonds is 0. The molecule has 56 valence electrons. The Hall–Kier alpha value is -1.31. The Morgan fingerprint density at radius 2 is 2.18 bits per heavy atom. The van der Waals surface area contributed by atoms with E-state index >= 15 is 0 Å². The number of hydrogen-bond acceptors (Lipinski definition) is 2. The molecule has 2 rings (SSSR count). The first-order valence-electron chi connectivity index (χ1n) is 3.73. The molecule has 0 saturated heterocycles. The fourth-order valence-electron chi connectivity index (χ4n) is 1.17. The van der Waals surface area contributed by atoms with Gasteiger partial charge in [-0.1, -0.05) is 23.4 Å². The minimum Gasteiger partial charge on any atom is -0.357 e. The summed E-state index contributed by atoms with van der Waals surface area (Å²) >= 11 is 0. The number of fused-ring (bicyclic) bond motifs is 1. The maximum absolute atomic E-state index is 5.12. The molecule has 0 aliphatic carbocycles. The van der Waals surface area contributed by atoms with E-state index in [1.165, 1.54) is 5.56 Å². The summed E-state index contributed by atoms with van der Waals surface area (Å²) in [6.45, 7) is 0. The fourth-order valence-corrected chi connectivity index (χ4v) is 1.17. The Morgan fingerprint density at radius 1 is 1.27 bits per heavy atom. The highest BCUT2D eigenvalue weighted by Crippen LogP contribution is 2.20. The van der Waals surface area contributed by atoms with Gasteiger partial charge in [0.2, 0.25) is 0 Å². The van der Waals surface area contributed by atoms with Crippen LogP contribution in [0.3, 0.4) is 0 Å². The van der Waals surface area contributed by atoms with Crippen molar-refractivity contribution in [2.45, 2.75) is 12.8 Å². The smallest absolute Gasteiger partial charge is 0.161 e. The molecule has 1 aromatic carbocycles. The molecule has 0 atom stereocenters. The van der Waals surface area contributed by atoms with Crippen LogP contribution in [0.25, 0.3) is 0 Å². The van der Waals surface area contributed by atoms with Crippen LogP contribution in [0.4, 0.5) is 0 Å². The lowest BCUT2D eigenvalue weighted by Gasteiger charge is -2.00. The topological polar surface area (TPSA) is 21.6 Å². The average Bonchev–Trinajstić information content (AvgIpc) is 2.28. The van der Waals surface area contributed by atoms with Crippen molar-refractivity contribution in [1.29, 1.82) is 0 Å². The largest absolute Gasteiger partial charge is 0.357 e. The molecule has 0 bridgehead atoms. The lowest BCUT2D eigenvalue weighted by molar-refractivity contribution is 0.343. The SMILES string of the molecule is C1=NOc2ccccc2CC1. The van der Waals surface area contributed by atoms with E-state index in [1.54, 1.807) is 6.21 Å². The third kappa shape index (κ3) is 1.24. The maximum atomic E-state index is 5.12. The zero-order valence-electron chi connectivity index (χ0n) is 6.16. The monoisotopic (exact) mass is 147 g/mol.